The lowest BCUT2D eigenvalue weighted by atomic mass is 10.2. The SMILES string of the molecule is CCn1c(C)nc(-c2ccnc(Nc3ccc(S(N)(=O)=O)cc3)n2)c1C. The van der Waals surface area contributed by atoms with Crippen molar-refractivity contribution in [1.29, 1.82) is 0 Å². The summed E-state index contributed by atoms with van der Waals surface area (Å²) in [6, 6.07) is 7.88. The number of rotatable bonds is 5. The van der Waals surface area contributed by atoms with Gasteiger partial charge in [-0.05, 0) is 51.1 Å². The van der Waals surface area contributed by atoms with E-state index in [4.69, 9.17) is 5.14 Å². The Bertz CT molecular complexity index is 1040. The van der Waals surface area contributed by atoms with Crippen LogP contribution in [0.15, 0.2) is 41.4 Å². The molecule has 2 heterocycles. The van der Waals surface area contributed by atoms with Crippen molar-refractivity contribution < 1.29 is 8.42 Å². The number of anilines is 2. The van der Waals surface area contributed by atoms with E-state index in [9.17, 15) is 8.42 Å². The van der Waals surface area contributed by atoms with E-state index in [0.29, 0.717) is 11.6 Å². The van der Waals surface area contributed by atoms with Gasteiger partial charge in [0.15, 0.2) is 0 Å². The Balaban J connectivity index is 1.88. The normalized spacial score (nSPS) is 11.5. The molecule has 0 unspecified atom stereocenters. The fourth-order valence-electron chi connectivity index (χ4n) is 2.79. The van der Waals surface area contributed by atoms with Crippen molar-refractivity contribution in [3.05, 3.63) is 48.0 Å². The Kier molecular flexibility index (Phi) is 4.75. The second kappa shape index (κ2) is 6.85. The first kappa shape index (κ1) is 18.0. The maximum absolute atomic E-state index is 11.3. The van der Waals surface area contributed by atoms with Crippen molar-refractivity contribution in [2.45, 2.75) is 32.2 Å². The Hall–Kier alpha value is -2.78. The molecule has 2 aromatic heterocycles. The standard InChI is InChI=1S/C17H20N6O2S/c1-4-23-11(2)16(20-12(23)3)15-9-10-19-17(22-15)21-13-5-7-14(8-6-13)26(18,24)25/h5-10H,4H2,1-3H3,(H2,18,24,25)(H,19,21,22). The van der Waals surface area contributed by atoms with E-state index in [1.807, 2.05) is 19.9 Å². The molecule has 0 atom stereocenters. The summed E-state index contributed by atoms with van der Waals surface area (Å²) in [5.74, 6) is 1.33. The number of sulfonamides is 1. The summed E-state index contributed by atoms with van der Waals surface area (Å²) in [7, 11) is -3.71. The number of hydrogen-bond acceptors (Lipinski definition) is 6. The highest BCUT2D eigenvalue weighted by Gasteiger charge is 2.14. The maximum Gasteiger partial charge on any atom is 0.238 e. The molecule has 0 spiro atoms. The summed E-state index contributed by atoms with van der Waals surface area (Å²) < 4.78 is 24.7. The lowest BCUT2D eigenvalue weighted by Crippen LogP contribution is -2.11. The van der Waals surface area contributed by atoms with Gasteiger partial charge in [0.05, 0.1) is 10.6 Å². The molecule has 0 bridgehead atoms. The number of nitrogens with two attached hydrogens (primary N) is 1. The van der Waals surface area contributed by atoms with Crippen LogP contribution in [0, 0.1) is 13.8 Å². The van der Waals surface area contributed by atoms with E-state index in [1.165, 1.54) is 12.1 Å². The number of nitrogens with zero attached hydrogens (tertiary/aromatic N) is 4. The molecule has 8 nitrogen and oxygen atoms in total. The third-order valence-electron chi connectivity index (χ3n) is 4.07. The van der Waals surface area contributed by atoms with Crippen LogP contribution in [0.1, 0.15) is 18.4 Å². The Morgan fingerprint density at radius 1 is 1.12 bits per heavy atom. The molecular formula is C17H20N6O2S. The number of benzene rings is 1. The van der Waals surface area contributed by atoms with Gasteiger partial charge >= 0.3 is 0 Å². The van der Waals surface area contributed by atoms with Gasteiger partial charge in [-0.1, -0.05) is 0 Å². The van der Waals surface area contributed by atoms with Gasteiger partial charge in [0, 0.05) is 24.1 Å². The number of primary sulfonamides is 1. The molecule has 26 heavy (non-hydrogen) atoms. The third-order valence-corrected chi connectivity index (χ3v) is 4.99. The zero-order chi connectivity index (χ0) is 18.9. The van der Waals surface area contributed by atoms with Crippen molar-refractivity contribution in [2.75, 3.05) is 5.32 Å². The van der Waals surface area contributed by atoms with Crippen LogP contribution in [0.2, 0.25) is 0 Å². The average Bonchev–Trinajstić information content (AvgIpc) is 2.88. The van der Waals surface area contributed by atoms with E-state index in [-0.39, 0.29) is 4.90 Å². The quantitative estimate of drug-likeness (QED) is 0.710. The summed E-state index contributed by atoms with van der Waals surface area (Å²) in [6.45, 7) is 6.90. The first-order valence-electron chi connectivity index (χ1n) is 8.06. The Labute approximate surface area is 152 Å². The van der Waals surface area contributed by atoms with E-state index in [2.05, 4.69) is 31.8 Å². The van der Waals surface area contributed by atoms with Crippen LogP contribution < -0.4 is 10.5 Å². The van der Waals surface area contributed by atoms with Gasteiger partial charge in [-0.15, -0.1) is 0 Å². The first-order chi connectivity index (χ1) is 12.3. The summed E-state index contributed by atoms with van der Waals surface area (Å²) in [5.41, 5.74) is 3.24. The molecule has 9 heteroatoms. The predicted octanol–water partition coefficient (Wildman–Crippen LogP) is 2.37. The summed E-state index contributed by atoms with van der Waals surface area (Å²) >= 11 is 0. The smallest absolute Gasteiger partial charge is 0.238 e. The molecule has 0 aliphatic heterocycles. The monoisotopic (exact) mass is 372 g/mol. The minimum atomic E-state index is -3.71. The highest BCUT2D eigenvalue weighted by molar-refractivity contribution is 7.89. The minimum absolute atomic E-state index is 0.0499. The number of nitrogens with one attached hydrogen (secondary N) is 1. The largest absolute Gasteiger partial charge is 0.332 e. The van der Waals surface area contributed by atoms with Crippen LogP contribution in [-0.4, -0.2) is 27.9 Å². The first-order valence-corrected chi connectivity index (χ1v) is 9.61. The lowest BCUT2D eigenvalue weighted by Gasteiger charge is -2.07. The highest BCUT2D eigenvalue weighted by Crippen LogP contribution is 2.23. The maximum atomic E-state index is 11.3. The molecule has 0 aliphatic rings. The summed E-state index contributed by atoms with van der Waals surface area (Å²) in [4.78, 5) is 13.4. The number of imidazole rings is 1. The zero-order valence-corrected chi connectivity index (χ0v) is 15.6. The summed E-state index contributed by atoms with van der Waals surface area (Å²) in [6.07, 6.45) is 1.66. The van der Waals surface area contributed by atoms with Gasteiger partial charge in [0.2, 0.25) is 16.0 Å². The van der Waals surface area contributed by atoms with Crippen LogP contribution in [-0.2, 0) is 16.6 Å². The molecule has 1 aromatic carbocycles. The van der Waals surface area contributed by atoms with Gasteiger partial charge in [-0.25, -0.2) is 28.5 Å². The molecule has 0 saturated carbocycles. The highest BCUT2D eigenvalue weighted by atomic mass is 32.2. The van der Waals surface area contributed by atoms with E-state index >= 15 is 0 Å². The Morgan fingerprint density at radius 2 is 1.81 bits per heavy atom. The van der Waals surface area contributed by atoms with Crippen molar-refractivity contribution in [3.8, 4) is 11.4 Å². The molecule has 136 valence electrons. The molecular weight excluding hydrogens is 352 g/mol. The third kappa shape index (κ3) is 3.58. The fourth-order valence-corrected chi connectivity index (χ4v) is 3.31. The topological polar surface area (TPSA) is 116 Å². The Morgan fingerprint density at radius 3 is 2.38 bits per heavy atom. The van der Waals surface area contributed by atoms with Crippen LogP contribution in [0.5, 0.6) is 0 Å². The molecule has 0 amide bonds. The van der Waals surface area contributed by atoms with E-state index < -0.39 is 10.0 Å². The van der Waals surface area contributed by atoms with Crippen LogP contribution >= 0.6 is 0 Å². The van der Waals surface area contributed by atoms with Crippen molar-refractivity contribution in [3.63, 3.8) is 0 Å². The average molecular weight is 372 g/mol. The molecule has 3 N–H and O–H groups in total. The lowest BCUT2D eigenvalue weighted by molar-refractivity contribution is 0.598. The second-order valence-corrected chi connectivity index (χ2v) is 7.36. The molecule has 0 fully saturated rings. The molecule has 0 radical (unpaired) electrons. The second-order valence-electron chi connectivity index (χ2n) is 5.80. The number of aromatic nitrogens is 4. The zero-order valence-electron chi connectivity index (χ0n) is 14.8. The van der Waals surface area contributed by atoms with Gasteiger partial charge in [0.25, 0.3) is 0 Å². The minimum Gasteiger partial charge on any atom is -0.332 e. The van der Waals surface area contributed by atoms with E-state index in [0.717, 1.165) is 29.5 Å². The fraction of sp³-hybridized carbons (Fsp3) is 0.235. The van der Waals surface area contributed by atoms with Gasteiger partial charge in [-0.3, -0.25) is 0 Å². The molecule has 0 aliphatic carbocycles. The van der Waals surface area contributed by atoms with Crippen LogP contribution in [0.3, 0.4) is 0 Å². The van der Waals surface area contributed by atoms with E-state index in [1.54, 1.807) is 18.3 Å². The van der Waals surface area contributed by atoms with Gasteiger partial charge in [-0.2, -0.15) is 0 Å². The molecule has 3 aromatic rings. The van der Waals surface area contributed by atoms with Gasteiger partial charge < -0.3 is 9.88 Å². The number of aryl methyl sites for hydroxylation is 1. The van der Waals surface area contributed by atoms with Gasteiger partial charge in [0.1, 0.15) is 11.5 Å². The van der Waals surface area contributed by atoms with Crippen LogP contribution in [0.25, 0.3) is 11.4 Å². The molecule has 0 saturated heterocycles. The van der Waals surface area contributed by atoms with Crippen LogP contribution in [0.4, 0.5) is 11.6 Å². The predicted molar refractivity (Wildman–Crippen MR) is 99.5 cm³/mol. The van der Waals surface area contributed by atoms with Crippen molar-refractivity contribution in [2.24, 2.45) is 5.14 Å². The van der Waals surface area contributed by atoms with Crippen molar-refractivity contribution in [1.82, 2.24) is 19.5 Å². The summed E-state index contributed by atoms with van der Waals surface area (Å²) in [5, 5.41) is 8.16. The van der Waals surface area contributed by atoms with Crippen molar-refractivity contribution >= 4 is 21.7 Å². The number of hydrogen-bond donors (Lipinski definition) is 2. The molecule has 3 rings (SSSR count).